The highest BCUT2D eigenvalue weighted by atomic mass is 35.5. The van der Waals surface area contributed by atoms with E-state index in [0.717, 1.165) is 12.0 Å². The largest absolute Gasteiger partial charge is 0.322 e. The van der Waals surface area contributed by atoms with Crippen molar-refractivity contribution < 1.29 is 14.4 Å². The molecule has 1 saturated carbocycles. The second-order valence-corrected chi connectivity index (χ2v) is 8.88. The minimum atomic E-state index is -0.320. The first kappa shape index (κ1) is 19.1. The predicted molar refractivity (Wildman–Crippen MR) is 115 cm³/mol. The number of hydrogen-bond donors (Lipinski definition) is 1. The monoisotopic (exact) mass is 420 g/mol. The summed E-state index contributed by atoms with van der Waals surface area (Å²) in [4.78, 5) is 40.3. The number of amides is 3. The molecule has 1 aliphatic heterocycles. The lowest BCUT2D eigenvalue weighted by atomic mass is 9.82. The summed E-state index contributed by atoms with van der Waals surface area (Å²) in [5.74, 6) is -0.828. The third-order valence-corrected chi connectivity index (χ3v) is 6.93. The molecule has 3 amide bonds. The summed E-state index contributed by atoms with van der Waals surface area (Å²) in [7, 11) is 0. The van der Waals surface area contributed by atoms with E-state index in [0.29, 0.717) is 22.0 Å². The normalized spacial score (nSPS) is 26.8. The summed E-state index contributed by atoms with van der Waals surface area (Å²) < 4.78 is 0. The standard InChI is InChI=1S/C24H21ClN2O3/c1-12-6-7-16(25)11-19(12)26-22(28)14-4-3-5-17(9-14)27-23(29)20-15-8-13(2)18(10-15)21(20)24(27)30/h3-9,11,15,18,20-21H,10H2,1-2H3,(H,26,28)/t15-,18-,20-,21-/m0/s1. The Balaban J connectivity index is 1.42. The Labute approximate surface area is 179 Å². The van der Waals surface area contributed by atoms with Gasteiger partial charge in [-0.05, 0) is 68.0 Å². The maximum Gasteiger partial charge on any atom is 0.255 e. The van der Waals surface area contributed by atoms with Gasteiger partial charge in [-0.15, -0.1) is 0 Å². The van der Waals surface area contributed by atoms with Crippen molar-refractivity contribution in [3.8, 4) is 0 Å². The molecule has 1 saturated heterocycles. The third-order valence-electron chi connectivity index (χ3n) is 6.70. The maximum atomic E-state index is 13.2. The zero-order valence-corrected chi connectivity index (χ0v) is 17.4. The van der Waals surface area contributed by atoms with Crippen molar-refractivity contribution in [3.05, 3.63) is 70.3 Å². The van der Waals surface area contributed by atoms with Crippen LogP contribution in [0.15, 0.2) is 54.1 Å². The van der Waals surface area contributed by atoms with Crippen molar-refractivity contribution >= 4 is 40.7 Å². The number of hydrogen-bond acceptors (Lipinski definition) is 3. The van der Waals surface area contributed by atoms with E-state index in [-0.39, 0.29) is 41.4 Å². The number of benzene rings is 2. The number of halogens is 1. The molecule has 0 radical (unpaired) electrons. The fraction of sp³-hybridized carbons (Fsp3) is 0.292. The molecule has 5 rings (SSSR count). The highest BCUT2D eigenvalue weighted by Crippen LogP contribution is 2.55. The summed E-state index contributed by atoms with van der Waals surface area (Å²) in [6.07, 6.45) is 3.05. The topological polar surface area (TPSA) is 66.5 Å². The van der Waals surface area contributed by atoms with Crippen molar-refractivity contribution in [2.45, 2.75) is 20.3 Å². The Bertz CT molecular complexity index is 1140. The van der Waals surface area contributed by atoms with Crippen molar-refractivity contribution in [2.24, 2.45) is 23.7 Å². The molecule has 152 valence electrons. The molecule has 5 nitrogen and oxygen atoms in total. The SMILES string of the molecule is CC1=C[C@H]2C[C@@H]1[C@@H]1C(=O)N(c3cccc(C(=O)Nc4cc(Cl)ccc4C)c3)C(=O)[C@H]12. The molecule has 3 aliphatic rings. The fourth-order valence-electron chi connectivity index (χ4n) is 5.24. The summed E-state index contributed by atoms with van der Waals surface area (Å²) in [5, 5.41) is 3.39. The van der Waals surface area contributed by atoms with Gasteiger partial charge in [0.1, 0.15) is 0 Å². The number of fused-ring (bicyclic) bond motifs is 5. The molecule has 2 fully saturated rings. The molecule has 4 atom stereocenters. The van der Waals surface area contributed by atoms with Crippen LogP contribution in [-0.4, -0.2) is 17.7 Å². The van der Waals surface area contributed by atoms with Gasteiger partial charge in [-0.3, -0.25) is 14.4 Å². The Kier molecular flexibility index (Phi) is 4.33. The molecule has 2 aliphatic carbocycles. The van der Waals surface area contributed by atoms with Crippen LogP contribution in [0, 0.1) is 30.6 Å². The molecule has 6 heteroatoms. The van der Waals surface area contributed by atoms with Crippen LogP contribution in [0.4, 0.5) is 11.4 Å². The minimum Gasteiger partial charge on any atom is -0.322 e. The second kappa shape index (κ2) is 6.81. The lowest BCUT2D eigenvalue weighted by Gasteiger charge is -2.19. The quantitative estimate of drug-likeness (QED) is 0.582. The van der Waals surface area contributed by atoms with Gasteiger partial charge in [0, 0.05) is 16.3 Å². The average Bonchev–Trinajstić information content (AvgIpc) is 3.35. The zero-order valence-electron chi connectivity index (χ0n) is 16.7. The van der Waals surface area contributed by atoms with E-state index in [9.17, 15) is 14.4 Å². The molecule has 0 aromatic heterocycles. The van der Waals surface area contributed by atoms with Crippen LogP contribution >= 0.6 is 11.6 Å². The highest BCUT2D eigenvalue weighted by Gasteiger charge is 2.60. The van der Waals surface area contributed by atoms with Crippen LogP contribution in [-0.2, 0) is 9.59 Å². The third kappa shape index (κ3) is 2.80. The summed E-state index contributed by atoms with van der Waals surface area (Å²) in [6, 6.07) is 12.0. The molecular weight excluding hydrogens is 400 g/mol. The fourth-order valence-corrected chi connectivity index (χ4v) is 5.41. The van der Waals surface area contributed by atoms with Gasteiger partial charge < -0.3 is 5.32 Å². The number of carbonyl (C=O) groups excluding carboxylic acids is 3. The number of imide groups is 1. The van der Waals surface area contributed by atoms with Crippen molar-refractivity contribution in [2.75, 3.05) is 10.2 Å². The summed E-state index contributed by atoms with van der Waals surface area (Å²) in [6.45, 7) is 3.93. The van der Waals surface area contributed by atoms with Crippen molar-refractivity contribution in [1.29, 1.82) is 0 Å². The Morgan fingerprint density at radius 3 is 2.63 bits per heavy atom. The smallest absolute Gasteiger partial charge is 0.255 e. The first-order valence-electron chi connectivity index (χ1n) is 10.1. The van der Waals surface area contributed by atoms with Gasteiger partial charge in [-0.25, -0.2) is 4.90 Å². The second-order valence-electron chi connectivity index (χ2n) is 8.44. The van der Waals surface area contributed by atoms with Gasteiger partial charge >= 0.3 is 0 Å². The van der Waals surface area contributed by atoms with E-state index < -0.39 is 0 Å². The number of nitrogens with zero attached hydrogens (tertiary/aromatic N) is 1. The molecule has 2 aromatic rings. The van der Waals surface area contributed by atoms with E-state index in [4.69, 9.17) is 11.6 Å². The lowest BCUT2D eigenvalue weighted by molar-refractivity contribution is -0.123. The van der Waals surface area contributed by atoms with E-state index in [1.165, 1.54) is 10.5 Å². The molecule has 1 heterocycles. The number of carbonyl (C=O) groups is 3. The lowest BCUT2D eigenvalue weighted by Crippen LogP contribution is -2.33. The zero-order chi connectivity index (χ0) is 21.2. The Morgan fingerprint density at radius 1 is 1.07 bits per heavy atom. The summed E-state index contributed by atoms with van der Waals surface area (Å²) in [5.41, 5.74) is 3.56. The van der Waals surface area contributed by atoms with Gasteiger partial charge in [-0.1, -0.05) is 35.4 Å². The van der Waals surface area contributed by atoms with Gasteiger partial charge in [0.25, 0.3) is 5.91 Å². The number of nitrogens with one attached hydrogen (secondary N) is 1. The number of aryl methyl sites for hydroxylation is 1. The van der Waals surface area contributed by atoms with Gasteiger partial charge in [0.05, 0.1) is 17.5 Å². The van der Waals surface area contributed by atoms with Gasteiger partial charge in [0.15, 0.2) is 0 Å². The Morgan fingerprint density at radius 2 is 1.83 bits per heavy atom. The maximum absolute atomic E-state index is 13.2. The van der Waals surface area contributed by atoms with Crippen LogP contribution in [0.5, 0.6) is 0 Å². The van der Waals surface area contributed by atoms with Crippen molar-refractivity contribution in [3.63, 3.8) is 0 Å². The minimum absolute atomic E-state index is 0.145. The van der Waals surface area contributed by atoms with Crippen LogP contribution in [0.1, 0.15) is 29.3 Å². The van der Waals surface area contributed by atoms with Crippen LogP contribution in [0.3, 0.4) is 0 Å². The number of anilines is 2. The van der Waals surface area contributed by atoms with Crippen LogP contribution < -0.4 is 10.2 Å². The number of allylic oxidation sites excluding steroid dienone is 2. The molecule has 30 heavy (non-hydrogen) atoms. The highest BCUT2D eigenvalue weighted by molar-refractivity contribution is 6.31. The van der Waals surface area contributed by atoms with E-state index in [1.54, 1.807) is 36.4 Å². The number of rotatable bonds is 3. The van der Waals surface area contributed by atoms with Crippen LogP contribution in [0.25, 0.3) is 0 Å². The molecule has 2 aromatic carbocycles. The molecule has 0 spiro atoms. The first-order valence-corrected chi connectivity index (χ1v) is 10.5. The van der Waals surface area contributed by atoms with E-state index in [2.05, 4.69) is 11.4 Å². The van der Waals surface area contributed by atoms with Gasteiger partial charge in [0.2, 0.25) is 11.8 Å². The molecule has 0 unspecified atom stereocenters. The Hall–Kier alpha value is -2.92. The van der Waals surface area contributed by atoms with Crippen LogP contribution in [0.2, 0.25) is 5.02 Å². The first-order chi connectivity index (χ1) is 14.3. The average molecular weight is 421 g/mol. The van der Waals surface area contributed by atoms with E-state index in [1.807, 2.05) is 19.9 Å². The molecular formula is C24H21ClN2O3. The predicted octanol–water partition coefficient (Wildman–Crippen LogP) is 4.60. The summed E-state index contributed by atoms with van der Waals surface area (Å²) >= 11 is 6.04. The molecule has 2 bridgehead atoms. The molecule has 1 N–H and O–H groups in total. The van der Waals surface area contributed by atoms with Gasteiger partial charge in [-0.2, -0.15) is 0 Å². The van der Waals surface area contributed by atoms with Crippen molar-refractivity contribution in [1.82, 2.24) is 0 Å². The van der Waals surface area contributed by atoms with E-state index >= 15 is 0 Å².